The van der Waals surface area contributed by atoms with E-state index in [0.717, 1.165) is 24.4 Å². The van der Waals surface area contributed by atoms with Gasteiger partial charge in [-0.25, -0.2) is 0 Å². The highest BCUT2D eigenvalue weighted by Gasteiger charge is 2.21. The Morgan fingerprint density at radius 1 is 1.35 bits per heavy atom. The zero-order valence-corrected chi connectivity index (χ0v) is 10.1. The van der Waals surface area contributed by atoms with Crippen molar-refractivity contribution in [3.8, 4) is 0 Å². The average molecular weight is 231 g/mol. The maximum atomic E-state index is 4.67. The van der Waals surface area contributed by atoms with Crippen LogP contribution in [-0.4, -0.2) is 33.4 Å². The van der Waals surface area contributed by atoms with Crippen LogP contribution in [0.25, 0.3) is 5.65 Å². The van der Waals surface area contributed by atoms with Crippen molar-refractivity contribution in [3.05, 3.63) is 23.7 Å². The van der Waals surface area contributed by atoms with E-state index in [2.05, 4.69) is 26.7 Å². The molecule has 1 N–H and O–H groups in total. The van der Waals surface area contributed by atoms with Crippen molar-refractivity contribution in [1.82, 2.24) is 25.1 Å². The number of hydrogen-bond donors (Lipinski definition) is 1. The molecule has 5 heteroatoms. The van der Waals surface area contributed by atoms with Crippen molar-refractivity contribution >= 4 is 5.65 Å². The number of rotatable bonds is 4. The first kappa shape index (κ1) is 10.7. The third-order valence-electron chi connectivity index (χ3n) is 3.47. The summed E-state index contributed by atoms with van der Waals surface area (Å²) in [4.78, 5) is 0. The number of nitrogens with one attached hydrogen (secondary N) is 1. The predicted molar refractivity (Wildman–Crippen MR) is 65.0 cm³/mol. The maximum Gasteiger partial charge on any atom is 0.177 e. The number of likely N-dealkylation sites (N-methyl/N-ethyl adjacent to an activating group) is 1. The van der Waals surface area contributed by atoms with Crippen LogP contribution in [0.5, 0.6) is 0 Å². The minimum atomic E-state index is 0.652. The molecule has 1 fully saturated rings. The largest absolute Gasteiger partial charge is 0.319 e. The minimum absolute atomic E-state index is 0.652. The molecule has 2 heterocycles. The summed E-state index contributed by atoms with van der Waals surface area (Å²) in [5.41, 5.74) is 2.04. The van der Waals surface area contributed by atoms with Crippen LogP contribution < -0.4 is 5.32 Å². The average Bonchev–Trinajstić information content (AvgIpc) is 2.67. The van der Waals surface area contributed by atoms with Gasteiger partial charge in [0.25, 0.3) is 0 Å². The summed E-state index contributed by atoms with van der Waals surface area (Å²) in [7, 11) is 1.94. The fourth-order valence-corrected chi connectivity index (χ4v) is 2.16. The first-order chi connectivity index (χ1) is 8.38. The Morgan fingerprint density at radius 3 is 2.94 bits per heavy atom. The monoisotopic (exact) mass is 231 g/mol. The van der Waals surface area contributed by atoms with Crippen LogP contribution in [0.15, 0.2) is 12.1 Å². The molecule has 17 heavy (non-hydrogen) atoms. The molecule has 90 valence electrons. The van der Waals surface area contributed by atoms with Crippen molar-refractivity contribution in [1.29, 1.82) is 0 Å². The lowest BCUT2D eigenvalue weighted by Gasteiger charge is -2.24. The maximum absolute atomic E-state index is 4.67. The first-order valence-corrected chi connectivity index (χ1v) is 6.24. The molecule has 0 atom stereocenters. The van der Waals surface area contributed by atoms with E-state index in [4.69, 9.17) is 0 Å². The van der Waals surface area contributed by atoms with Gasteiger partial charge in [0.1, 0.15) is 0 Å². The molecule has 0 saturated heterocycles. The van der Waals surface area contributed by atoms with E-state index < -0.39 is 0 Å². The van der Waals surface area contributed by atoms with E-state index in [-0.39, 0.29) is 0 Å². The van der Waals surface area contributed by atoms with Crippen LogP contribution in [-0.2, 0) is 6.42 Å². The number of fused-ring (bicyclic) bond motifs is 1. The smallest absolute Gasteiger partial charge is 0.177 e. The summed E-state index contributed by atoms with van der Waals surface area (Å²) < 4.78 is 1.89. The fraction of sp³-hybridized carbons (Fsp3) is 0.583. The van der Waals surface area contributed by atoms with Crippen molar-refractivity contribution in [2.75, 3.05) is 13.6 Å². The fourth-order valence-electron chi connectivity index (χ4n) is 2.16. The Bertz CT molecular complexity index is 515. The molecule has 1 aliphatic rings. The van der Waals surface area contributed by atoms with E-state index in [1.54, 1.807) is 0 Å². The summed E-state index contributed by atoms with van der Waals surface area (Å²) in [6, 6.07) is 4.12. The molecule has 0 aliphatic heterocycles. The second-order valence-corrected chi connectivity index (χ2v) is 4.63. The molecule has 0 spiro atoms. The van der Waals surface area contributed by atoms with E-state index in [1.807, 2.05) is 17.6 Å². The highest BCUT2D eigenvalue weighted by molar-refractivity contribution is 5.37. The Labute approximate surface area is 100 Å². The van der Waals surface area contributed by atoms with Crippen molar-refractivity contribution < 1.29 is 0 Å². The summed E-state index contributed by atoms with van der Waals surface area (Å²) in [5.74, 6) is 1.59. The molecule has 0 amide bonds. The lowest BCUT2D eigenvalue weighted by Crippen LogP contribution is -2.15. The van der Waals surface area contributed by atoms with E-state index in [0.29, 0.717) is 5.92 Å². The molecule has 0 radical (unpaired) electrons. The Kier molecular flexibility index (Phi) is 2.76. The van der Waals surface area contributed by atoms with E-state index in [1.165, 1.54) is 25.0 Å². The van der Waals surface area contributed by atoms with Gasteiger partial charge in [0.2, 0.25) is 0 Å². The van der Waals surface area contributed by atoms with Gasteiger partial charge in [0, 0.05) is 18.9 Å². The number of hydrogen-bond acceptors (Lipinski definition) is 4. The lowest BCUT2D eigenvalue weighted by molar-refractivity contribution is 0.406. The molecule has 1 saturated carbocycles. The van der Waals surface area contributed by atoms with Gasteiger partial charge in [-0.05, 0) is 32.0 Å². The molecule has 3 rings (SSSR count). The second-order valence-electron chi connectivity index (χ2n) is 4.63. The van der Waals surface area contributed by atoms with Crippen molar-refractivity contribution in [3.63, 3.8) is 0 Å². The van der Waals surface area contributed by atoms with Crippen molar-refractivity contribution in [2.24, 2.45) is 0 Å². The number of nitrogens with zero attached hydrogens (tertiary/aromatic N) is 4. The summed E-state index contributed by atoms with van der Waals surface area (Å²) in [6.07, 6.45) is 4.73. The molecular weight excluding hydrogens is 214 g/mol. The Morgan fingerprint density at radius 2 is 2.24 bits per heavy atom. The second kappa shape index (κ2) is 4.41. The molecular formula is C12H17N5. The molecule has 0 bridgehead atoms. The molecule has 1 aliphatic carbocycles. The Hall–Kier alpha value is -1.49. The standard InChI is InChI=1S/C12H17N5/c1-13-8-7-12-15-14-11-6-5-10(16-17(11)12)9-3-2-4-9/h5-6,9,13H,2-4,7-8H2,1H3. The normalized spacial score (nSPS) is 16.3. The van der Waals surface area contributed by atoms with Gasteiger partial charge in [-0.3, -0.25) is 0 Å². The van der Waals surface area contributed by atoms with Crippen molar-refractivity contribution in [2.45, 2.75) is 31.6 Å². The third kappa shape index (κ3) is 1.91. The van der Waals surface area contributed by atoms with Gasteiger partial charge in [-0.15, -0.1) is 10.2 Å². The van der Waals surface area contributed by atoms with Crippen LogP contribution in [0.4, 0.5) is 0 Å². The third-order valence-corrected chi connectivity index (χ3v) is 3.47. The van der Waals surface area contributed by atoms with Crippen LogP contribution >= 0.6 is 0 Å². The van der Waals surface area contributed by atoms with Gasteiger partial charge >= 0.3 is 0 Å². The van der Waals surface area contributed by atoms with Crippen LogP contribution in [0.1, 0.15) is 36.7 Å². The van der Waals surface area contributed by atoms with Gasteiger partial charge in [-0.1, -0.05) is 6.42 Å². The quantitative estimate of drug-likeness (QED) is 0.857. The topological polar surface area (TPSA) is 55.1 Å². The lowest BCUT2D eigenvalue weighted by atomic mass is 9.83. The summed E-state index contributed by atoms with van der Waals surface area (Å²) in [5, 5.41) is 16.1. The first-order valence-electron chi connectivity index (χ1n) is 6.24. The van der Waals surface area contributed by atoms with Crippen LogP contribution in [0, 0.1) is 0 Å². The van der Waals surface area contributed by atoms with Gasteiger partial charge < -0.3 is 5.32 Å². The molecule has 0 unspecified atom stereocenters. The minimum Gasteiger partial charge on any atom is -0.319 e. The van der Waals surface area contributed by atoms with E-state index >= 15 is 0 Å². The molecule has 5 nitrogen and oxygen atoms in total. The zero-order valence-electron chi connectivity index (χ0n) is 10.1. The number of aromatic nitrogens is 4. The summed E-state index contributed by atoms with van der Waals surface area (Å²) in [6.45, 7) is 0.899. The van der Waals surface area contributed by atoms with E-state index in [9.17, 15) is 0 Å². The van der Waals surface area contributed by atoms with Crippen LogP contribution in [0.2, 0.25) is 0 Å². The molecule has 2 aromatic rings. The molecule has 2 aromatic heterocycles. The van der Waals surface area contributed by atoms with Crippen LogP contribution in [0.3, 0.4) is 0 Å². The van der Waals surface area contributed by atoms with Gasteiger partial charge in [0.15, 0.2) is 11.5 Å². The SMILES string of the molecule is CNCCc1nnc2ccc(C3CCC3)nn12. The zero-order chi connectivity index (χ0) is 11.7. The highest BCUT2D eigenvalue weighted by Crippen LogP contribution is 2.34. The highest BCUT2D eigenvalue weighted by atomic mass is 15.4. The van der Waals surface area contributed by atoms with Gasteiger partial charge in [0.05, 0.1) is 5.69 Å². The summed E-state index contributed by atoms with van der Waals surface area (Å²) >= 11 is 0. The molecule has 0 aromatic carbocycles. The van der Waals surface area contributed by atoms with Gasteiger partial charge in [-0.2, -0.15) is 9.61 Å². The predicted octanol–water partition coefficient (Wildman–Crippen LogP) is 1.15. The Balaban J connectivity index is 1.94.